The molecule has 6 heteroatoms. The van der Waals surface area contributed by atoms with Crippen molar-refractivity contribution in [1.29, 1.82) is 0 Å². The fourth-order valence-electron chi connectivity index (χ4n) is 1.85. The van der Waals surface area contributed by atoms with Crippen molar-refractivity contribution in [1.82, 2.24) is 15.2 Å². The highest BCUT2D eigenvalue weighted by Gasteiger charge is 2.15. The molecule has 0 aliphatic rings. The van der Waals surface area contributed by atoms with E-state index in [2.05, 4.69) is 10.5 Å². The Balaban J connectivity index is 2.60. The van der Waals surface area contributed by atoms with Crippen LogP contribution in [0.4, 0.5) is 0 Å². The monoisotopic (exact) mass is 260 g/mol. The lowest BCUT2D eigenvalue weighted by atomic mass is 10.1. The van der Waals surface area contributed by atoms with E-state index in [4.69, 9.17) is 22.2 Å². The lowest BCUT2D eigenvalue weighted by molar-refractivity contribution is 0.188. The molecule has 0 amide bonds. The zero-order chi connectivity index (χ0) is 12.8. The van der Waals surface area contributed by atoms with Gasteiger partial charge in [-0.3, -0.25) is 16.0 Å². The van der Waals surface area contributed by atoms with Gasteiger partial charge in [-0.2, -0.15) is 5.10 Å². The van der Waals surface area contributed by atoms with Crippen molar-refractivity contribution in [3.63, 3.8) is 0 Å². The molecule has 0 saturated heterocycles. The van der Waals surface area contributed by atoms with Crippen LogP contribution in [0.2, 0.25) is 5.02 Å². The summed E-state index contributed by atoms with van der Waals surface area (Å²) >= 11 is 6.20. The van der Waals surface area contributed by atoms with Crippen molar-refractivity contribution in [2.24, 2.45) is 12.9 Å². The van der Waals surface area contributed by atoms with Crippen molar-refractivity contribution in [2.45, 2.75) is 32.2 Å². The highest BCUT2D eigenvalue weighted by atomic mass is 35.5. The number of hydrogen-bond donors (Lipinski definition) is 2. The van der Waals surface area contributed by atoms with Gasteiger partial charge in [0.25, 0.3) is 0 Å². The number of rotatable bonds is 7. The first kappa shape index (κ1) is 14.4. The molecule has 98 valence electrons. The van der Waals surface area contributed by atoms with Crippen molar-refractivity contribution < 1.29 is 4.74 Å². The minimum absolute atomic E-state index is 0.192. The topological polar surface area (TPSA) is 65.1 Å². The number of methoxy groups -OCH3 is 1. The molecule has 0 aromatic carbocycles. The molecule has 0 fully saturated rings. The summed E-state index contributed by atoms with van der Waals surface area (Å²) < 4.78 is 6.84. The van der Waals surface area contributed by atoms with Crippen LogP contribution < -0.4 is 11.3 Å². The van der Waals surface area contributed by atoms with E-state index < -0.39 is 0 Å². The third-order valence-electron chi connectivity index (χ3n) is 2.84. The van der Waals surface area contributed by atoms with E-state index in [0.717, 1.165) is 42.3 Å². The minimum Gasteiger partial charge on any atom is -0.385 e. The molecule has 1 rings (SSSR count). The number of nitrogens with one attached hydrogen (secondary N) is 1. The quantitative estimate of drug-likeness (QED) is 0.439. The highest BCUT2D eigenvalue weighted by molar-refractivity contribution is 6.31. The van der Waals surface area contributed by atoms with Gasteiger partial charge in [-0.1, -0.05) is 11.6 Å². The van der Waals surface area contributed by atoms with E-state index in [9.17, 15) is 0 Å². The predicted molar refractivity (Wildman–Crippen MR) is 68.9 cm³/mol. The van der Waals surface area contributed by atoms with Crippen LogP contribution >= 0.6 is 11.6 Å². The second-order valence-electron chi connectivity index (χ2n) is 4.17. The van der Waals surface area contributed by atoms with Crippen molar-refractivity contribution >= 4 is 11.6 Å². The molecule has 0 saturated carbocycles. The van der Waals surface area contributed by atoms with Crippen LogP contribution in [0, 0.1) is 6.92 Å². The number of hydrazine groups is 1. The average molecular weight is 261 g/mol. The molecule has 1 atom stereocenters. The third kappa shape index (κ3) is 3.96. The van der Waals surface area contributed by atoms with Gasteiger partial charge in [-0.25, -0.2) is 0 Å². The standard InChI is InChI=1S/C11H21ClN4O/c1-8-11(12)10(16(2)15-8)7-9(14-13)5-4-6-17-3/h9,14H,4-7,13H2,1-3H3. The zero-order valence-corrected chi connectivity index (χ0v) is 11.4. The van der Waals surface area contributed by atoms with Gasteiger partial charge >= 0.3 is 0 Å². The first-order chi connectivity index (χ1) is 8.10. The molecule has 1 aromatic heterocycles. The number of halogens is 1. The SMILES string of the molecule is COCCCC(Cc1c(Cl)c(C)nn1C)NN. The molecule has 1 heterocycles. The molecule has 3 N–H and O–H groups in total. The van der Waals surface area contributed by atoms with Crippen LogP contribution in [0.25, 0.3) is 0 Å². The molecule has 0 aliphatic carbocycles. The maximum Gasteiger partial charge on any atom is 0.0847 e. The maximum absolute atomic E-state index is 6.20. The fraction of sp³-hybridized carbons (Fsp3) is 0.727. The van der Waals surface area contributed by atoms with E-state index in [0.29, 0.717) is 0 Å². The number of aromatic nitrogens is 2. The maximum atomic E-state index is 6.20. The largest absolute Gasteiger partial charge is 0.385 e. The van der Waals surface area contributed by atoms with Gasteiger partial charge in [0.2, 0.25) is 0 Å². The molecular weight excluding hydrogens is 240 g/mol. The number of hydrogen-bond acceptors (Lipinski definition) is 4. The normalized spacial score (nSPS) is 13.0. The summed E-state index contributed by atoms with van der Waals surface area (Å²) in [6.45, 7) is 2.65. The predicted octanol–water partition coefficient (Wildman–Crippen LogP) is 1.18. The molecule has 0 aliphatic heterocycles. The number of ether oxygens (including phenoxy) is 1. The van der Waals surface area contributed by atoms with Crippen LogP contribution in [0.15, 0.2) is 0 Å². The summed E-state index contributed by atoms with van der Waals surface area (Å²) in [7, 11) is 3.60. The zero-order valence-electron chi connectivity index (χ0n) is 10.7. The van der Waals surface area contributed by atoms with E-state index in [1.165, 1.54) is 0 Å². The van der Waals surface area contributed by atoms with Crippen LogP contribution in [-0.4, -0.2) is 29.5 Å². The molecule has 1 unspecified atom stereocenters. The van der Waals surface area contributed by atoms with Gasteiger partial charge < -0.3 is 4.74 Å². The molecule has 5 nitrogen and oxygen atoms in total. The second kappa shape index (κ2) is 6.96. The molecule has 1 aromatic rings. The van der Waals surface area contributed by atoms with Gasteiger partial charge in [-0.15, -0.1) is 0 Å². The molecule has 17 heavy (non-hydrogen) atoms. The van der Waals surface area contributed by atoms with Crippen LogP contribution in [0.1, 0.15) is 24.2 Å². The Morgan fingerprint density at radius 3 is 2.76 bits per heavy atom. The summed E-state index contributed by atoms with van der Waals surface area (Å²) in [6, 6.07) is 0.192. The Bertz CT molecular complexity index is 353. The molecular formula is C11H21ClN4O. The van der Waals surface area contributed by atoms with Crippen molar-refractivity contribution in [2.75, 3.05) is 13.7 Å². The average Bonchev–Trinajstić information content (AvgIpc) is 2.54. The third-order valence-corrected chi connectivity index (χ3v) is 3.33. The first-order valence-electron chi connectivity index (χ1n) is 5.73. The van der Waals surface area contributed by atoms with Gasteiger partial charge in [-0.05, 0) is 19.8 Å². The smallest absolute Gasteiger partial charge is 0.0847 e. The Morgan fingerprint density at radius 2 is 2.29 bits per heavy atom. The van der Waals surface area contributed by atoms with E-state index in [1.807, 2.05) is 18.7 Å². The molecule has 0 spiro atoms. The summed E-state index contributed by atoms with van der Waals surface area (Å²) in [5.74, 6) is 5.55. The Morgan fingerprint density at radius 1 is 1.59 bits per heavy atom. The number of nitrogens with two attached hydrogens (primary N) is 1. The second-order valence-corrected chi connectivity index (χ2v) is 4.55. The lowest BCUT2D eigenvalue weighted by Gasteiger charge is -2.15. The molecule has 0 bridgehead atoms. The van der Waals surface area contributed by atoms with E-state index in [1.54, 1.807) is 7.11 Å². The first-order valence-corrected chi connectivity index (χ1v) is 6.11. The van der Waals surface area contributed by atoms with E-state index >= 15 is 0 Å². The van der Waals surface area contributed by atoms with Gasteiger partial charge in [0.15, 0.2) is 0 Å². The number of nitrogens with zero attached hydrogens (tertiary/aromatic N) is 2. The summed E-state index contributed by atoms with van der Waals surface area (Å²) in [4.78, 5) is 0. The summed E-state index contributed by atoms with van der Waals surface area (Å²) in [5, 5.41) is 5.02. The van der Waals surface area contributed by atoms with Crippen LogP contribution in [-0.2, 0) is 18.2 Å². The Hall–Kier alpha value is -0.620. The van der Waals surface area contributed by atoms with E-state index in [-0.39, 0.29) is 6.04 Å². The van der Waals surface area contributed by atoms with Crippen LogP contribution in [0.5, 0.6) is 0 Å². The summed E-state index contributed by atoms with van der Waals surface area (Å²) in [5.41, 5.74) is 4.69. The lowest BCUT2D eigenvalue weighted by Crippen LogP contribution is -2.37. The van der Waals surface area contributed by atoms with Crippen LogP contribution in [0.3, 0.4) is 0 Å². The van der Waals surface area contributed by atoms with Gasteiger partial charge in [0.05, 0.1) is 16.4 Å². The van der Waals surface area contributed by atoms with Gasteiger partial charge in [0, 0.05) is 33.2 Å². The fourth-order valence-corrected chi connectivity index (χ4v) is 2.09. The summed E-state index contributed by atoms with van der Waals surface area (Å²) in [6.07, 6.45) is 2.70. The minimum atomic E-state index is 0.192. The van der Waals surface area contributed by atoms with Gasteiger partial charge in [0.1, 0.15) is 0 Å². The molecule has 0 radical (unpaired) electrons. The highest BCUT2D eigenvalue weighted by Crippen LogP contribution is 2.21. The Labute approximate surface area is 107 Å². The van der Waals surface area contributed by atoms with Crippen molar-refractivity contribution in [3.8, 4) is 0 Å². The van der Waals surface area contributed by atoms with Crippen molar-refractivity contribution in [3.05, 3.63) is 16.4 Å². The number of aryl methyl sites for hydroxylation is 2. The Kier molecular flexibility index (Phi) is 5.91.